The molecule has 1 unspecified atom stereocenters. The molecule has 0 aromatic heterocycles. The van der Waals surface area contributed by atoms with Gasteiger partial charge in [0.1, 0.15) is 0 Å². The third kappa shape index (κ3) is 2.68. The van der Waals surface area contributed by atoms with Gasteiger partial charge in [-0.15, -0.1) is 0 Å². The number of benzene rings is 2. The lowest BCUT2D eigenvalue weighted by molar-refractivity contribution is -0.148. The lowest BCUT2D eigenvalue weighted by Crippen LogP contribution is -2.52. The van der Waals surface area contributed by atoms with E-state index in [-0.39, 0.29) is 11.8 Å². The summed E-state index contributed by atoms with van der Waals surface area (Å²) in [4.78, 5) is 14.0. The van der Waals surface area contributed by atoms with Crippen LogP contribution in [0, 0.1) is 5.92 Å². The van der Waals surface area contributed by atoms with Crippen molar-refractivity contribution in [2.45, 2.75) is 13.0 Å². The molecule has 3 rings (SSSR count). The van der Waals surface area contributed by atoms with Crippen LogP contribution < -0.4 is 0 Å². The molecule has 1 amide bonds. The van der Waals surface area contributed by atoms with Gasteiger partial charge in [0.05, 0.1) is 5.92 Å². The number of amides is 1. The van der Waals surface area contributed by atoms with Gasteiger partial charge < -0.3 is 4.90 Å². The van der Waals surface area contributed by atoms with Gasteiger partial charge in [-0.25, -0.2) is 0 Å². The van der Waals surface area contributed by atoms with Gasteiger partial charge in [0.15, 0.2) is 0 Å². The van der Waals surface area contributed by atoms with Crippen molar-refractivity contribution in [1.29, 1.82) is 0 Å². The first-order chi connectivity index (χ1) is 9.33. The molecule has 1 fully saturated rings. The van der Waals surface area contributed by atoms with Crippen molar-refractivity contribution in [3.63, 3.8) is 0 Å². The summed E-state index contributed by atoms with van der Waals surface area (Å²) in [6.45, 7) is 1.62. The molecule has 0 aliphatic carbocycles. The van der Waals surface area contributed by atoms with E-state index in [1.165, 1.54) is 11.1 Å². The SMILES string of the molecule is O=C1C(Cc2ccccc2)CN1Cc1ccccc1. The predicted molar refractivity (Wildman–Crippen MR) is 75.5 cm³/mol. The summed E-state index contributed by atoms with van der Waals surface area (Å²) in [7, 11) is 0. The lowest BCUT2D eigenvalue weighted by Gasteiger charge is -2.38. The standard InChI is InChI=1S/C17H17NO/c19-17-16(11-14-7-3-1-4-8-14)13-18(17)12-15-9-5-2-6-10-15/h1-10,16H,11-13H2. The van der Waals surface area contributed by atoms with Crippen LogP contribution in [0.3, 0.4) is 0 Å². The molecule has 19 heavy (non-hydrogen) atoms. The Balaban J connectivity index is 1.56. The van der Waals surface area contributed by atoms with Crippen LogP contribution in [0.15, 0.2) is 60.7 Å². The van der Waals surface area contributed by atoms with Crippen molar-refractivity contribution in [2.24, 2.45) is 5.92 Å². The highest BCUT2D eigenvalue weighted by molar-refractivity contribution is 5.84. The van der Waals surface area contributed by atoms with Gasteiger partial charge in [-0.05, 0) is 17.5 Å². The fourth-order valence-electron chi connectivity index (χ4n) is 2.58. The first-order valence-electron chi connectivity index (χ1n) is 6.69. The van der Waals surface area contributed by atoms with Crippen LogP contribution in [0.4, 0.5) is 0 Å². The molecular weight excluding hydrogens is 234 g/mol. The highest BCUT2D eigenvalue weighted by Gasteiger charge is 2.35. The molecule has 1 aliphatic heterocycles. The average Bonchev–Trinajstić information content (AvgIpc) is 2.48. The summed E-state index contributed by atoms with van der Waals surface area (Å²) >= 11 is 0. The quantitative estimate of drug-likeness (QED) is 0.765. The van der Waals surface area contributed by atoms with Crippen molar-refractivity contribution in [1.82, 2.24) is 4.90 Å². The second-order valence-corrected chi connectivity index (χ2v) is 5.09. The van der Waals surface area contributed by atoms with E-state index < -0.39 is 0 Å². The minimum Gasteiger partial charge on any atom is -0.337 e. The third-order valence-electron chi connectivity index (χ3n) is 3.64. The van der Waals surface area contributed by atoms with Gasteiger partial charge in [0.25, 0.3) is 0 Å². The highest BCUT2D eigenvalue weighted by Crippen LogP contribution is 2.24. The second-order valence-electron chi connectivity index (χ2n) is 5.09. The van der Waals surface area contributed by atoms with Crippen molar-refractivity contribution in [3.8, 4) is 0 Å². The van der Waals surface area contributed by atoms with Crippen LogP contribution in [0.25, 0.3) is 0 Å². The fourth-order valence-corrected chi connectivity index (χ4v) is 2.58. The van der Waals surface area contributed by atoms with Crippen molar-refractivity contribution < 1.29 is 4.79 Å². The molecule has 96 valence electrons. The number of hydrogen-bond acceptors (Lipinski definition) is 1. The van der Waals surface area contributed by atoms with Crippen LogP contribution in [0.5, 0.6) is 0 Å². The Morgan fingerprint density at radius 2 is 1.47 bits per heavy atom. The molecular formula is C17H17NO. The molecule has 1 heterocycles. The molecule has 0 spiro atoms. The largest absolute Gasteiger partial charge is 0.337 e. The molecule has 0 N–H and O–H groups in total. The van der Waals surface area contributed by atoms with Crippen LogP contribution in [0.1, 0.15) is 11.1 Å². The van der Waals surface area contributed by atoms with Gasteiger partial charge >= 0.3 is 0 Å². The van der Waals surface area contributed by atoms with Gasteiger partial charge in [-0.3, -0.25) is 4.79 Å². The molecule has 1 atom stereocenters. The molecule has 0 radical (unpaired) electrons. The molecule has 0 bridgehead atoms. The minimum absolute atomic E-state index is 0.172. The van der Waals surface area contributed by atoms with E-state index in [1.807, 2.05) is 41.3 Å². The number of hydrogen-bond donors (Lipinski definition) is 0. The van der Waals surface area contributed by atoms with E-state index in [1.54, 1.807) is 0 Å². The van der Waals surface area contributed by atoms with E-state index in [0.29, 0.717) is 0 Å². The topological polar surface area (TPSA) is 20.3 Å². The van der Waals surface area contributed by atoms with E-state index in [2.05, 4.69) is 24.3 Å². The molecule has 2 aromatic rings. The number of likely N-dealkylation sites (tertiary alicyclic amines) is 1. The molecule has 2 nitrogen and oxygen atoms in total. The third-order valence-corrected chi connectivity index (χ3v) is 3.64. The van der Waals surface area contributed by atoms with Crippen LogP contribution >= 0.6 is 0 Å². The van der Waals surface area contributed by atoms with Crippen LogP contribution in [-0.4, -0.2) is 17.4 Å². The smallest absolute Gasteiger partial charge is 0.228 e. The number of rotatable bonds is 4. The number of nitrogens with zero attached hydrogens (tertiary/aromatic N) is 1. The summed E-state index contributed by atoms with van der Waals surface area (Å²) in [5, 5.41) is 0. The van der Waals surface area contributed by atoms with Gasteiger partial charge in [0.2, 0.25) is 5.91 Å². The normalized spacial score (nSPS) is 18.2. The summed E-state index contributed by atoms with van der Waals surface area (Å²) in [5.41, 5.74) is 2.45. The van der Waals surface area contributed by atoms with E-state index >= 15 is 0 Å². The molecule has 1 aliphatic rings. The Bertz CT molecular complexity index is 500. The van der Waals surface area contributed by atoms with Crippen LogP contribution in [-0.2, 0) is 17.8 Å². The average molecular weight is 251 g/mol. The Hall–Kier alpha value is -2.09. The van der Waals surface area contributed by atoms with E-state index in [0.717, 1.165) is 19.5 Å². The summed E-state index contributed by atoms with van der Waals surface area (Å²) < 4.78 is 0. The number of carbonyl (C=O) groups is 1. The summed E-state index contributed by atoms with van der Waals surface area (Å²) in [6, 6.07) is 20.4. The molecule has 2 aromatic carbocycles. The maximum Gasteiger partial charge on any atom is 0.228 e. The van der Waals surface area contributed by atoms with E-state index in [9.17, 15) is 4.79 Å². The zero-order valence-electron chi connectivity index (χ0n) is 10.8. The predicted octanol–water partition coefficient (Wildman–Crippen LogP) is 2.89. The van der Waals surface area contributed by atoms with Crippen molar-refractivity contribution in [3.05, 3.63) is 71.8 Å². The summed E-state index contributed by atoms with van der Waals surface area (Å²) in [6.07, 6.45) is 0.866. The fraction of sp³-hybridized carbons (Fsp3) is 0.235. The minimum atomic E-state index is 0.172. The molecule has 2 heteroatoms. The maximum absolute atomic E-state index is 12.1. The Morgan fingerprint density at radius 3 is 2.05 bits per heavy atom. The first-order valence-corrected chi connectivity index (χ1v) is 6.69. The maximum atomic E-state index is 12.1. The second kappa shape index (κ2) is 5.27. The number of β-lactam (4-membered cyclic amide) rings is 1. The Morgan fingerprint density at radius 1 is 0.895 bits per heavy atom. The lowest BCUT2D eigenvalue weighted by atomic mass is 9.90. The molecule has 0 saturated carbocycles. The zero-order chi connectivity index (χ0) is 13.1. The van der Waals surface area contributed by atoms with E-state index in [4.69, 9.17) is 0 Å². The van der Waals surface area contributed by atoms with Crippen LogP contribution in [0.2, 0.25) is 0 Å². The number of carbonyl (C=O) groups excluding carboxylic acids is 1. The monoisotopic (exact) mass is 251 g/mol. The Labute approximate surface area is 113 Å². The highest BCUT2D eigenvalue weighted by atomic mass is 16.2. The van der Waals surface area contributed by atoms with Gasteiger partial charge in [-0.1, -0.05) is 60.7 Å². The Kier molecular flexibility index (Phi) is 3.32. The van der Waals surface area contributed by atoms with Crippen molar-refractivity contribution in [2.75, 3.05) is 6.54 Å². The summed E-state index contributed by atoms with van der Waals surface area (Å²) in [5.74, 6) is 0.457. The van der Waals surface area contributed by atoms with Gasteiger partial charge in [0, 0.05) is 13.1 Å². The van der Waals surface area contributed by atoms with Gasteiger partial charge in [-0.2, -0.15) is 0 Å². The van der Waals surface area contributed by atoms with Crippen molar-refractivity contribution >= 4 is 5.91 Å². The molecule has 1 saturated heterocycles. The first kappa shape index (κ1) is 12.0. The zero-order valence-corrected chi connectivity index (χ0v) is 10.8.